The molecule has 0 amide bonds. The number of hydrogen-bond donors (Lipinski definition) is 0. The molecule has 0 aromatic heterocycles. The van der Waals surface area contributed by atoms with Gasteiger partial charge in [0.15, 0.2) is 0 Å². The molecule has 0 aliphatic carbocycles. The molecule has 1 aromatic rings. The van der Waals surface area contributed by atoms with Crippen molar-refractivity contribution in [2.75, 3.05) is 32.0 Å². The van der Waals surface area contributed by atoms with Crippen LogP contribution in [0.1, 0.15) is 13.8 Å². The first-order valence-electron chi connectivity index (χ1n) is 6.82. The number of nitrogens with zero attached hydrogens (tertiary/aromatic N) is 2. The molecule has 6 nitrogen and oxygen atoms in total. The monoisotopic (exact) mass is 347 g/mol. The zero-order chi connectivity index (χ0) is 15.7. The fourth-order valence-electron chi connectivity index (χ4n) is 1.74. The summed E-state index contributed by atoms with van der Waals surface area (Å²) in [4.78, 5) is 24.7. The lowest BCUT2D eigenvalue weighted by atomic mass is 10.3. The lowest BCUT2D eigenvalue weighted by molar-refractivity contribution is -0.387. The van der Waals surface area contributed by atoms with Gasteiger partial charge in [0.1, 0.15) is 6.61 Å². The van der Waals surface area contributed by atoms with Crippen molar-refractivity contribution in [2.45, 2.75) is 18.7 Å². The number of nitro benzene ring substituents is 1. The number of rotatable bonds is 9. The molecule has 8 heteroatoms. The van der Waals surface area contributed by atoms with Gasteiger partial charge in [-0.05, 0) is 19.2 Å². The average molecular weight is 348 g/mol. The Hall–Kier alpha value is -1.31. The van der Waals surface area contributed by atoms with E-state index in [4.69, 9.17) is 4.74 Å². The van der Waals surface area contributed by atoms with Gasteiger partial charge in [-0.1, -0.05) is 26.0 Å². The molecule has 0 atom stereocenters. The van der Waals surface area contributed by atoms with Gasteiger partial charge in [0.25, 0.3) is 5.69 Å². The van der Waals surface area contributed by atoms with E-state index in [-0.39, 0.29) is 29.8 Å². The molecule has 0 saturated carbocycles. The maximum Gasteiger partial charge on any atom is 0.316 e. The first-order chi connectivity index (χ1) is 10.1. The van der Waals surface area contributed by atoms with Crippen molar-refractivity contribution >= 4 is 23.4 Å². The van der Waals surface area contributed by atoms with E-state index in [2.05, 4.69) is 18.7 Å². The van der Waals surface area contributed by atoms with Gasteiger partial charge in [0.2, 0.25) is 0 Å². The van der Waals surface area contributed by atoms with E-state index >= 15 is 0 Å². The minimum Gasteiger partial charge on any atom is -1.00 e. The van der Waals surface area contributed by atoms with Crippen LogP contribution < -0.4 is 12.4 Å². The zero-order valence-corrected chi connectivity index (χ0v) is 14.2. The average Bonchev–Trinajstić information content (AvgIpc) is 2.49. The van der Waals surface area contributed by atoms with Crippen molar-refractivity contribution in [1.82, 2.24) is 4.90 Å². The molecule has 0 aliphatic heterocycles. The van der Waals surface area contributed by atoms with Crippen LogP contribution in [0, 0.1) is 10.1 Å². The molecule has 0 N–H and O–H groups in total. The summed E-state index contributed by atoms with van der Waals surface area (Å²) < 4.78 is 5.13. The molecule has 1 aromatic carbocycles. The molecular formula is C14H20ClN2O4S-. The van der Waals surface area contributed by atoms with Gasteiger partial charge in [0.05, 0.1) is 15.6 Å². The third-order valence-electron chi connectivity index (χ3n) is 2.97. The van der Waals surface area contributed by atoms with Crippen molar-refractivity contribution in [3.63, 3.8) is 0 Å². The number of benzene rings is 1. The smallest absolute Gasteiger partial charge is 0.316 e. The lowest BCUT2D eigenvalue weighted by Crippen LogP contribution is -3.00. The third kappa shape index (κ3) is 7.11. The zero-order valence-electron chi connectivity index (χ0n) is 12.7. The van der Waals surface area contributed by atoms with E-state index in [1.54, 1.807) is 18.2 Å². The number of nitro groups is 1. The molecule has 0 heterocycles. The summed E-state index contributed by atoms with van der Waals surface area (Å²) in [6.07, 6.45) is 0. The maximum absolute atomic E-state index is 11.6. The fourth-order valence-corrected chi connectivity index (χ4v) is 2.56. The van der Waals surface area contributed by atoms with Crippen LogP contribution in [0.4, 0.5) is 5.69 Å². The highest BCUT2D eigenvalue weighted by Crippen LogP contribution is 2.28. The van der Waals surface area contributed by atoms with Crippen molar-refractivity contribution in [2.24, 2.45) is 0 Å². The Balaban J connectivity index is 0.00000441. The number of likely N-dealkylation sites (N-methyl/N-ethyl adjacent to an activating group) is 1. The summed E-state index contributed by atoms with van der Waals surface area (Å²) in [6.45, 7) is 6.98. The fraction of sp³-hybridized carbons (Fsp3) is 0.500. The molecule has 0 radical (unpaired) electrons. The summed E-state index contributed by atoms with van der Waals surface area (Å²) in [5, 5.41) is 10.9. The van der Waals surface area contributed by atoms with Crippen LogP contribution in [0.25, 0.3) is 0 Å². The summed E-state index contributed by atoms with van der Waals surface area (Å²) in [5.74, 6) is -0.284. The highest BCUT2D eigenvalue weighted by Gasteiger charge is 2.14. The molecule has 0 fully saturated rings. The predicted octanol–water partition coefficient (Wildman–Crippen LogP) is -0.424. The first-order valence-corrected chi connectivity index (χ1v) is 7.81. The molecule has 1 rings (SSSR count). The molecule has 0 aliphatic rings. The standard InChI is InChI=1S/C14H20N2O4S.ClH/c1-3-15(4-2)9-10-20-14(17)11-21-13-8-6-5-7-12(13)16(18)19;/h5-8H,3-4,9-11H2,1-2H3;1H/p-1. The summed E-state index contributed by atoms with van der Waals surface area (Å²) in [7, 11) is 0. The van der Waals surface area contributed by atoms with Crippen LogP contribution in [0.3, 0.4) is 0 Å². The summed E-state index contributed by atoms with van der Waals surface area (Å²) in [6, 6.07) is 6.37. The largest absolute Gasteiger partial charge is 1.00 e. The second-order valence-electron chi connectivity index (χ2n) is 4.26. The Labute approximate surface area is 140 Å². The summed E-state index contributed by atoms with van der Waals surface area (Å²) in [5.41, 5.74) is 0.0124. The number of carbonyl (C=O) groups excluding carboxylic acids is 1. The minimum absolute atomic E-state index is 0. The van der Waals surface area contributed by atoms with Gasteiger partial charge in [-0.15, -0.1) is 11.8 Å². The van der Waals surface area contributed by atoms with Crippen molar-refractivity contribution in [3.05, 3.63) is 34.4 Å². The van der Waals surface area contributed by atoms with E-state index in [1.165, 1.54) is 6.07 Å². The van der Waals surface area contributed by atoms with Gasteiger partial charge in [-0.25, -0.2) is 0 Å². The number of halogens is 1. The Morgan fingerprint density at radius 3 is 2.55 bits per heavy atom. The Kier molecular flexibility index (Phi) is 10.6. The van der Waals surface area contributed by atoms with Crippen LogP contribution in [0.2, 0.25) is 0 Å². The first kappa shape index (κ1) is 20.7. The van der Waals surface area contributed by atoms with Crippen LogP contribution in [0.15, 0.2) is 29.2 Å². The lowest BCUT2D eigenvalue weighted by Gasteiger charge is -2.17. The molecular weight excluding hydrogens is 328 g/mol. The molecule has 22 heavy (non-hydrogen) atoms. The topological polar surface area (TPSA) is 72.7 Å². The summed E-state index contributed by atoms with van der Waals surface area (Å²) >= 11 is 1.12. The van der Waals surface area contributed by atoms with Gasteiger partial charge in [0, 0.05) is 12.6 Å². The SMILES string of the molecule is CCN(CC)CCOC(=O)CSc1ccccc1[N+](=O)[O-].[Cl-]. The van der Waals surface area contributed by atoms with Crippen LogP contribution in [-0.4, -0.2) is 47.8 Å². The Morgan fingerprint density at radius 1 is 1.32 bits per heavy atom. The molecule has 0 spiro atoms. The van der Waals surface area contributed by atoms with Crippen LogP contribution in [-0.2, 0) is 9.53 Å². The molecule has 0 bridgehead atoms. The second kappa shape index (κ2) is 11.3. The number of carbonyl (C=O) groups is 1. The Morgan fingerprint density at radius 2 is 1.95 bits per heavy atom. The van der Waals surface area contributed by atoms with E-state index in [0.29, 0.717) is 18.0 Å². The Bertz CT molecular complexity index is 484. The van der Waals surface area contributed by atoms with Gasteiger partial charge in [-0.3, -0.25) is 14.9 Å². The van der Waals surface area contributed by atoms with Crippen LogP contribution in [0.5, 0.6) is 0 Å². The van der Waals surface area contributed by atoms with E-state index in [0.717, 1.165) is 24.9 Å². The normalized spacial score (nSPS) is 10.1. The van der Waals surface area contributed by atoms with Crippen molar-refractivity contribution < 1.29 is 26.9 Å². The number of para-hydroxylation sites is 1. The molecule has 124 valence electrons. The highest BCUT2D eigenvalue weighted by molar-refractivity contribution is 8.00. The quantitative estimate of drug-likeness (QED) is 0.261. The van der Waals surface area contributed by atoms with E-state index in [1.807, 2.05) is 0 Å². The van der Waals surface area contributed by atoms with Gasteiger partial charge in [-0.2, -0.15) is 0 Å². The number of ether oxygens (including phenoxy) is 1. The second-order valence-corrected chi connectivity index (χ2v) is 5.28. The predicted molar refractivity (Wildman–Crippen MR) is 82.6 cm³/mol. The molecule has 0 saturated heterocycles. The number of thioether (sulfide) groups is 1. The van der Waals surface area contributed by atoms with Crippen molar-refractivity contribution in [3.8, 4) is 0 Å². The highest BCUT2D eigenvalue weighted by atomic mass is 35.5. The van der Waals surface area contributed by atoms with E-state index < -0.39 is 4.92 Å². The van der Waals surface area contributed by atoms with E-state index in [9.17, 15) is 14.9 Å². The van der Waals surface area contributed by atoms with Crippen LogP contribution >= 0.6 is 11.8 Å². The third-order valence-corrected chi connectivity index (χ3v) is 4.01. The maximum atomic E-state index is 11.6. The number of hydrogen-bond acceptors (Lipinski definition) is 6. The molecule has 0 unspecified atom stereocenters. The number of esters is 1. The van der Waals surface area contributed by atoms with Gasteiger partial charge < -0.3 is 22.0 Å². The van der Waals surface area contributed by atoms with Gasteiger partial charge >= 0.3 is 5.97 Å². The van der Waals surface area contributed by atoms with Crippen molar-refractivity contribution in [1.29, 1.82) is 0 Å². The minimum atomic E-state index is -0.450.